The molecule has 1 aliphatic carbocycles. The number of hydrogen-bond donors (Lipinski definition) is 3. The van der Waals surface area contributed by atoms with E-state index in [2.05, 4.69) is 19.2 Å². The van der Waals surface area contributed by atoms with E-state index in [0.717, 1.165) is 25.7 Å². The second-order valence-corrected chi connectivity index (χ2v) is 5.93. The van der Waals surface area contributed by atoms with Gasteiger partial charge in [-0.25, -0.2) is 0 Å². The molecule has 96 valence electrons. The minimum atomic E-state index is -0.661. The summed E-state index contributed by atoms with van der Waals surface area (Å²) in [5.41, 5.74) is -0.661. The van der Waals surface area contributed by atoms with Crippen molar-refractivity contribution in [3.8, 4) is 0 Å². The molecule has 0 spiro atoms. The lowest BCUT2D eigenvalue weighted by atomic mass is 9.90. The van der Waals surface area contributed by atoms with Gasteiger partial charge in [-0.15, -0.1) is 0 Å². The molecule has 0 aromatic heterocycles. The SMILES string of the molecule is CC(C)CC(C)(O)CN[C@H]1CCCC[C@@H]1O. The molecule has 3 atom stereocenters. The first-order chi connectivity index (χ1) is 7.41. The lowest BCUT2D eigenvalue weighted by molar-refractivity contribution is 0.0222. The van der Waals surface area contributed by atoms with Gasteiger partial charge in [0.1, 0.15) is 0 Å². The van der Waals surface area contributed by atoms with E-state index in [1.807, 2.05) is 6.92 Å². The molecule has 1 rings (SSSR count). The molecule has 0 aliphatic heterocycles. The van der Waals surface area contributed by atoms with E-state index in [-0.39, 0.29) is 12.1 Å². The van der Waals surface area contributed by atoms with Gasteiger partial charge in [-0.05, 0) is 32.1 Å². The fourth-order valence-corrected chi connectivity index (χ4v) is 2.65. The van der Waals surface area contributed by atoms with E-state index in [4.69, 9.17) is 0 Å². The molecule has 0 bridgehead atoms. The van der Waals surface area contributed by atoms with Crippen molar-refractivity contribution in [2.45, 2.75) is 70.6 Å². The molecule has 16 heavy (non-hydrogen) atoms. The minimum Gasteiger partial charge on any atom is -0.392 e. The monoisotopic (exact) mass is 229 g/mol. The number of rotatable bonds is 5. The highest BCUT2D eigenvalue weighted by Crippen LogP contribution is 2.20. The van der Waals surface area contributed by atoms with Crippen LogP contribution in [0.15, 0.2) is 0 Å². The molecule has 1 unspecified atom stereocenters. The molecule has 3 N–H and O–H groups in total. The number of aliphatic hydroxyl groups excluding tert-OH is 1. The first-order valence-corrected chi connectivity index (χ1v) is 6.54. The van der Waals surface area contributed by atoms with Crippen LogP contribution in [-0.2, 0) is 0 Å². The summed E-state index contributed by atoms with van der Waals surface area (Å²) in [6, 6.07) is 0.174. The Labute approximate surface area is 99.3 Å². The smallest absolute Gasteiger partial charge is 0.0746 e. The zero-order chi connectivity index (χ0) is 12.2. The fraction of sp³-hybridized carbons (Fsp3) is 1.00. The van der Waals surface area contributed by atoms with Crippen LogP contribution in [0.25, 0.3) is 0 Å². The van der Waals surface area contributed by atoms with Gasteiger partial charge in [-0.2, -0.15) is 0 Å². The highest BCUT2D eigenvalue weighted by atomic mass is 16.3. The average molecular weight is 229 g/mol. The van der Waals surface area contributed by atoms with E-state index in [1.54, 1.807) is 0 Å². The Hall–Kier alpha value is -0.120. The van der Waals surface area contributed by atoms with Gasteiger partial charge in [0.15, 0.2) is 0 Å². The standard InChI is InChI=1S/C13H27NO2/c1-10(2)8-13(3,16)9-14-11-6-4-5-7-12(11)15/h10-12,14-16H,4-9H2,1-3H3/t11-,12-,13?/m0/s1. The number of nitrogens with one attached hydrogen (secondary N) is 1. The van der Waals surface area contributed by atoms with E-state index in [0.29, 0.717) is 12.5 Å². The third kappa shape index (κ3) is 4.81. The predicted molar refractivity (Wildman–Crippen MR) is 66.3 cm³/mol. The quantitative estimate of drug-likeness (QED) is 0.672. The van der Waals surface area contributed by atoms with Gasteiger partial charge in [-0.3, -0.25) is 0 Å². The molecule has 1 fully saturated rings. The van der Waals surface area contributed by atoms with Crippen molar-refractivity contribution in [2.24, 2.45) is 5.92 Å². The van der Waals surface area contributed by atoms with Gasteiger partial charge in [0.25, 0.3) is 0 Å². The fourth-order valence-electron chi connectivity index (χ4n) is 2.65. The molecule has 3 nitrogen and oxygen atoms in total. The summed E-state index contributed by atoms with van der Waals surface area (Å²) in [5.74, 6) is 0.494. The van der Waals surface area contributed by atoms with Crippen LogP contribution in [0.4, 0.5) is 0 Å². The number of aliphatic hydroxyl groups is 2. The Morgan fingerprint density at radius 2 is 1.94 bits per heavy atom. The molecule has 0 aromatic rings. The van der Waals surface area contributed by atoms with Crippen molar-refractivity contribution < 1.29 is 10.2 Å². The van der Waals surface area contributed by atoms with Crippen LogP contribution < -0.4 is 5.32 Å². The van der Waals surface area contributed by atoms with Gasteiger partial charge >= 0.3 is 0 Å². The van der Waals surface area contributed by atoms with E-state index < -0.39 is 5.60 Å². The van der Waals surface area contributed by atoms with Crippen LogP contribution in [0.3, 0.4) is 0 Å². The molecule has 0 amide bonds. The first-order valence-electron chi connectivity index (χ1n) is 6.54. The van der Waals surface area contributed by atoms with Gasteiger partial charge in [-0.1, -0.05) is 26.7 Å². The second kappa shape index (κ2) is 5.99. The zero-order valence-corrected chi connectivity index (χ0v) is 10.9. The van der Waals surface area contributed by atoms with Crippen molar-refractivity contribution in [1.82, 2.24) is 5.32 Å². The maximum Gasteiger partial charge on any atom is 0.0746 e. The predicted octanol–water partition coefficient (Wildman–Crippen LogP) is 1.68. The van der Waals surface area contributed by atoms with Crippen molar-refractivity contribution in [3.63, 3.8) is 0 Å². The van der Waals surface area contributed by atoms with Crippen molar-refractivity contribution in [1.29, 1.82) is 0 Å². The Morgan fingerprint density at radius 1 is 1.31 bits per heavy atom. The van der Waals surface area contributed by atoms with Gasteiger partial charge in [0, 0.05) is 12.6 Å². The molecule has 1 saturated carbocycles. The second-order valence-electron chi connectivity index (χ2n) is 5.93. The zero-order valence-electron chi connectivity index (χ0n) is 10.9. The summed E-state index contributed by atoms with van der Waals surface area (Å²) in [7, 11) is 0. The maximum atomic E-state index is 10.2. The van der Waals surface area contributed by atoms with Crippen LogP contribution in [-0.4, -0.2) is 34.5 Å². The maximum absolute atomic E-state index is 10.2. The summed E-state index contributed by atoms with van der Waals surface area (Å²) in [6.45, 7) is 6.68. The van der Waals surface area contributed by atoms with Gasteiger partial charge < -0.3 is 15.5 Å². The normalized spacial score (nSPS) is 30.4. The Bertz CT molecular complexity index is 204. The summed E-state index contributed by atoms with van der Waals surface area (Å²) in [5, 5.41) is 23.3. The Kier molecular flexibility index (Phi) is 5.22. The molecular formula is C13H27NO2. The lowest BCUT2D eigenvalue weighted by Gasteiger charge is -2.33. The van der Waals surface area contributed by atoms with Crippen LogP contribution >= 0.6 is 0 Å². The summed E-state index contributed by atoms with van der Waals surface area (Å²) < 4.78 is 0. The minimum absolute atomic E-state index is 0.174. The van der Waals surface area contributed by atoms with Crippen molar-refractivity contribution in [2.75, 3.05) is 6.54 Å². The third-order valence-corrected chi connectivity index (χ3v) is 3.32. The first kappa shape index (κ1) is 13.9. The summed E-state index contributed by atoms with van der Waals surface area (Å²) in [4.78, 5) is 0. The average Bonchev–Trinajstić information content (AvgIpc) is 2.14. The molecule has 0 heterocycles. The highest BCUT2D eigenvalue weighted by molar-refractivity contribution is 4.84. The van der Waals surface area contributed by atoms with E-state index in [1.165, 1.54) is 6.42 Å². The lowest BCUT2D eigenvalue weighted by Crippen LogP contribution is -2.48. The molecule has 0 saturated heterocycles. The molecule has 3 heteroatoms. The number of hydrogen-bond acceptors (Lipinski definition) is 3. The van der Waals surface area contributed by atoms with E-state index >= 15 is 0 Å². The topological polar surface area (TPSA) is 52.5 Å². The van der Waals surface area contributed by atoms with Crippen LogP contribution in [0.1, 0.15) is 52.9 Å². The van der Waals surface area contributed by atoms with Crippen LogP contribution in [0, 0.1) is 5.92 Å². The van der Waals surface area contributed by atoms with Crippen LogP contribution in [0.5, 0.6) is 0 Å². The summed E-state index contributed by atoms with van der Waals surface area (Å²) in [6.07, 6.45) is 4.79. The molecular weight excluding hydrogens is 202 g/mol. The summed E-state index contributed by atoms with van der Waals surface area (Å²) >= 11 is 0. The van der Waals surface area contributed by atoms with Crippen molar-refractivity contribution >= 4 is 0 Å². The third-order valence-electron chi connectivity index (χ3n) is 3.32. The molecule has 1 aliphatic rings. The molecule has 0 aromatic carbocycles. The van der Waals surface area contributed by atoms with Gasteiger partial charge in [0.2, 0.25) is 0 Å². The Balaban J connectivity index is 2.31. The molecule has 0 radical (unpaired) electrons. The Morgan fingerprint density at radius 3 is 2.50 bits per heavy atom. The highest BCUT2D eigenvalue weighted by Gasteiger charge is 2.27. The largest absolute Gasteiger partial charge is 0.392 e. The van der Waals surface area contributed by atoms with E-state index in [9.17, 15) is 10.2 Å². The van der Waals surface area contributed by atoms with Crippen molar-refractivity contribution in [3.05, 3.63) is 0 Å². The van der Waals surface area contributed by atoms with Crippen LogP contribution in [0.2, 0.25) is 0 Å². The van der Waals surface area contributed by atoms with Gasteiger partial charge in [0.05, 0.1) is 11.7 Å².